The van der Waals surface area contributed by atoms with Crippen molar-refractivity contribution in [2.24, 2.45) is 0 Å². The molecule has 70 valence electrons. The molecule has 0 saturated carbocycles. The van der Waals surface area contributed by atoms with E-state index in [0.29, 0.717) is 0 Å². The van der Waals surface area contributed by atoms with Crippen molar-refractivity contribution < 1.29 is 0 Å². The Labute approximate surface area is 91.3 Å². The monoisotopic (exact) mass is 247 g/mol. The molecule has 3 rings (SSSR count). The molecule has 0 atom stereocenters. The molecular weight excluding hydrogens is 238 g/mol. The predicted octanol–water partition coefficient (Wildman–Crippen LogP) is 3.57. The molecule has 0 amide bonds. The molecule has 0 fully saturated rings. The number of nitrogens with one attached hydrogen (secondary N) is 1. The molecule has 0 aliphatic carbocycles. The van der Waals surface area contributed by atoms with E-state index in [9.17, 15) is 0 Å². The summed E-state index contributed by atoms with van der Waals surface area (Å²) in [6.45, 7) is 1.07. The Morgan fingerprint density at radius 1 is 1.14 bits per heavy atom. The molecule has 1 aliphatic heterocycles. The second-order valence-electron chi connectivity index (χ2n) is 3.61. The van der Waals surface area contributed by atoms with E-state index in [2.05, 4.69) is 51.6 Å². The summed E-state index contributed by atoms with van der Waals surface area (Å²) in [5.41, 5.74) is 2.75. The molecule has 2 aromatic rings. The minimum atomic E-state index is 1.07. The number of hydrogen-bond acceptors (Lipinski definition) is 1. The summed E-state index contributed by atoms with van der Waals surface area (Å²) in [6.07, 6.45) is 1.14. The van der Waals surface area contributed by atoms with Crippen molar-refractivity contribution >= 4 is 32.4 Å². The summed E-state index contributed by atoms with van der Waals surface area (Å²) in [5, 5.41) is 6.07. The van der Waals surface area contributed by atoms with Crippen LogP contribution in [0.2, 0.25) is 0 Å². The number of anilines is 1. The van der Waals surface area contributed by atoms with Gasteiger partial charge in [0.05, 0.1) is 0 Å². The van der Waals surface area contributed by atoms with Gasteiger partial charge < -0.3 is 5.32 Å². The van der Waals surface area contributed by atoms with Crippen LogP contribution >= 0.6 is 15.9 Å². The zero-order chi connectivity index (χ0) is 9.54. The van der Waals surface area contributed by atoms with Crippen molar-refractivity contribution in [3.63, 3.8) is 0 Å². The average molecular weight is 248 g/mol. The van der Waals surface area contributed by atoms with Gasteiger partial charge in [-0.2, -0.15) is 0 Å². The normalized spacial score (nSPS) is 14.1. The lowest BCUT2D eigenvalue weighted by atomic mass is 10.0. The maximum atomic E-state index is 3.62. The SMILES string of the molecule is Brc1cc2c(c3ccccc13)NCC2. The van der Waals surface area contributed by atoms with Gasteiger partial charge in [-0.3, -0.25) is 0 Å². The number of fused-ring (bicyclic) bond motifs is 3. The predicted molar refractivity (Wildman–Crippen MR) is 63.8 cm³/mol. The van der Waals surface area contributed by atoms with E-state index in [1.54, 1.807) is 0 Å². The van der Waals surface area contributed by atoms with Crippen LogP contribution in [0.5, 0.6) is 0 Å². The molecule has 1 heterocycles. The summed E-state index contributed by atoms with van der Waals surface area (Å²) in [6, 6.07) is 10.7. The highest BCUT2D eigenvalue weighted by molar-refractivity contribution is 9.10. The lowest BCUT2D eigenvalue weighted by Gasteiger charge is -2.07. The van der Waals surface area contributed by atoms with Gasteiger partial charge in [0.25, 0.3) is 0 Å². The molecule has 2 heteroatoms. The molecule has 0 bridgehead atoms. The Bertz CT molecular complexity index is 505. The van der Waals surface area contributed by atoms with Crippen molar-refractivity contribution in [2.75, 3.05) is 11.9 Å². The highest BCUT2D eigenvalue weighted by Crippen LogP contribution is 2.36. The third-order valence-electron chi connectivity index (χ3n) is 2.77. The molecular formula is C12H10BrN. The molecule has 0 saturated heterocycles. The van der Waals surface area contributed by atoms with E-state index in [0.717, 1.165) is 13.0 Å². The fraction of sp³-hybridized carbons (Fsp3) is 0.167. The van der Waals surface area contributed by atoms with Crippen LogP contribution in [0.25, 0.3) is 10.8 Å². The van der Waals surface area contributed by atoms with Crippen LogP contribution < -0.4 is 5.32 Å². The molecule has 14 heavy (non-hydrogen) atoms. The Kier molecular flexibility index (Phi) is 1.77. The molecule has 0 unspecified atom stereocenters. The van der Waals surface area contributed by atoms with Gasteiger partial charge in [0, 0.05) is 22.1 Å². The Hall–Kier alpha value is -1.02. The first-order valence-electron chi connectivity index (χ1n) is 4.80. The molecule has 1 aliphatic rings. The summed E-state index contributed by atoms with van der Waals surface area (Å²) < 4.78 is 1.20. The van der Waals surface area contributed by atoms with Crippen LogP contribution in [0.3, 0.4) is 0 Å². The highest BCUT2D eigenvalue weighted by Gasteiger charge is 2.14. The van der Waals surface area contributed by atoms with E-state index in [1.807, 2.05) is 0 Å². The smallest absolute Gasteiger partial charge is 0.0454 e. The van der Waals surface area contributed by atoms with Gasteiger partial charge in [-0.25, -0.2) is 0 Å². The third-order valence-corrected chi connectivity index (χ3v) is 3.43. The van der Waals surface area contributed by atoms with Gasteiger partial charge in [0.1, 0.15) is 0 Å². The van der Waals surface area contributed by atoms with Crippen LogP contribution in [0, 0.1) is 0 Å². The Balaban J connectivity index is 2.47. The summed E-state index contributed by atoms with van der Waals surface area (Å²) in [4.78, 5) is 0. The van der Waals surface area contributed by atoms with Crippen molar-refractivity contribution in [2.45, 2.75) is 6.42 Å². The maximum absolute atomic E-state index is 3.62. The largest absolute Gasteiger partial charge is 0.384 e. The Morgan fingerprint density at radius 2 is 1.93 bits per heavy atom. The second-order valence-corrected chi connectivity index (χ2v) is 4.47. The molecule has 0 spiro atoms. The second kappa shape index (κ2) is 2.99. The quantitative estimate of drug-likeness (QED) is 0.751. The van der Waals surface area contributed by atoms with Gasteiger partial charge in [-0.15, -0.1) is 0 Å². The molecule has 0 radical (unpaired) electrons. The van der Waals surface area contributed by atoms with Crippen LogP contribution in [-0.2, 0) is 6.42 Å². The minimum Gasteiger partial charge on any atom is -0.384 e. The highest BCUT2D eigenvalue weighted by atomic mass is 79.9. The van der Waals surface area contributed by atoms with Gasteiger partial charge in [0.15, 0.2) is 0 Å². The van der Waals surface area contributed by atoms with Gasteiger partial charge in [0.2, 0.25) is 0 Å². The first-order chi connectivity index (χ1) is 6.86. The summed E-state index contributed by atoms with van der Waals surface area (Å²) in [5.74, 6) is 0. The number of benzene rings is 2. The molecule has 1 nitrogen and oxygen atoms in total. The van der Waals surface area contributed by atoms with E-state index in [-0.39, 0.29) is 0 Å². The van der Waals surface area contributed by atoms with Crippen LogP contribution in [-0.4, -0.2) is 6.54 Å². The van der Waals surface area contributed by atoms with Crippen LogP contribution in [0.4, 0.5) is 5.69 Å². The van der Waals surface area contributed by atoms with Gasteiger partial charge in [-0.1, -0.05) is 40.2 Å². The van der Waals surface area contributed by atoms with E-state index >= 15 is 0 Å². The fourth-order valence-corrected chi connectivity index (χ4v) is 2.74. The lowest BCUT2D eigenvalue weighted by molar-refractivity contribution is 1.11. The zero-order valence-electron chi connectivity index (χ0n) is 7.68. The Morgan fingerprint density at radius 3 is 2.79 bits per heavy atom. The van der Waals surface area contributed by atoms with E-state index in [1.165, 1.54) is 26.5 Å². The fourth-order valence-electron chi connectivity index (χ4n) is 2.11. The van der Waals surface area contributed by atoms with Crippen molar-refractivity contribution in [3.05, 3.63) is 40.4 Å². The first-order valence-corrected chi connectivity index (χ1v) is 5.59. The van der Waals surface area contributed by atoms with Crippen LogP contribution in [0.15, 0.2) is 34.8 Å². The summed E-state index contributed by atoms with van der Waals surface area (Å²) >= 11 is 3.62. The zero-order valence-corrected chi connectivity index (χ0v) is 9.26. The van der Waals surface area contributed by atoms with Crippen molar-refractivity contribution in [3.8, 4) is 0 Å². The number of halogens is 1. The van der Waals surface area contributed by atoms with Crippen molar-refractivity contribution in [1.29, 1.82) is 0 Å². The van der Waals surface area contributed by atoms with Crippen LogP contribution in [0.1, 0.15) is 5.56 Å². The third kappa shape index (κ3) is 1.07. The number of hydrogen-bond donors (Lipinski definition) is 1. The average Bonchev–Trinajstić information content (AvgIpc) is 2.66. The molecule has 2 aromatic carbocycles. The maximum Gasteiger partial charge on any atom is 0.0454 e. The summed E-state index contributed by atoms with van der Waals surface area (Å²) in [7, 11) is 0. The standard InChI is InChI=1S/C12H10BrN/c13-11-7-8-5-6-14-12(8)10-4-2-1-3-9(10)11/h1-4,7,14H,5-6H2. The lowest BCUT2D eigenvalue weighted by Crippen LogP contribution is -1.91. The van der Waals surface area contributed by atoms with Crippen molar-refractivity contribution in [1.82, 2.24) is 0 Å². The minimum absolute atomic E-state index is 1.07. The van der Waals surface area contributed by atoms with E-state index < -0.39 is 0 Å². The topological polar surface area (TPSA) is 12.0 Å². The van der Waals surface area contributed by atoms with Gasteiger partial charge >= 0.3 is 0 Å². The van der Waals surface area contributed by atoms with Gasteiger partial charge in [-0.05, 0) is 23.4 Å². The first kappa shape index (κ1) is 8.30. The number of rotatable bonds is 0. The molecule has 1 N–H and O–H groups in total. The molecule has 0 aromatic heterocycles. The van der Waals surface area contributed by atoms with E-state index in [4.69, 9.17) is 0 Å².